The van der Waals surface area contributed by atoms with E-state index in [4.69, 9.17) is 35.3 Å². The van der Waals surface area contributed by atoms with Crippen molar-refractivity contribution in [3.8, 4) is 5.75 Å². The number of hydrogen-bond donors (Lipinski definition) is 0. The first-order chi connectivity index (χ1) is 19.0. The fourth-order valence-electron chi connectivity index (χ4n) is 4.60. The van der Waals surface area contributed by atoms with E-state index in [1.807, 2.05) is 12.1 Å². The molecule has 2 aliphatic rings. The molecule has 2 aromatic carbocycles. The highest BCUT2D eigenvalue weighted by Gasteiger charge is 2.19. The highest BCUT2D eigenvalue weighted by Crippen LogP contribution is 2.31. The molecule has 0 N–H and O–H groups in total. The molecule has 0 aliphatic carbocycles. The van der Waals surface area contributed by atoms with E-state index in [1.165, 1.54) is 7.11 Å². The lowest BCUT2D eigenvalue weighted by atomic mass is 10.0. The number of anilines is 1. The smallest absolute Gasteiger partial charge is 0.494 e. The monoisotopic (exact) mass is 559 g/mol. The molecular formula is C29H38ClN3O6. The minimum absolute atomic E-state index is 0.133. The Balaban J connectivity index is 1.13. The molecular weight excluding hydrogens is 522 g/mol. The van der Waals surface area contributed by atoms with E-state index in [-0.39, 0.29) is 13.4 Å². The van der Waals surface area contributed by atoms with Gasteiger partial charge in [0.1, 0.15) is 12.4 Å². The molecule has 0 saturated carbocycles. The van der Waals surface area contributed by atoms with Gasteiger partial charge in [-0.1, -0.05) is 29.8 Å². The number of aliphatic imine (C=N–C) groups is 1. The number of unbranched alkanes of at least 4 members (excludes halogenated alkanes) is 1. The predicted molar refractivity (Wildman–Crippen MR) is 152 cm³/mol. The third-order valence-electron chi connectivity index (χ3n) is 6.84. The summed E-state index contributed by atoms with van der Waals surface area (Å²) in [5.41, 5.74) is 4.23. The second kappa shape index (κ2) is 15.0. The summed E-state index contributed by atoms with van der Waals surface area (Å²) in [5.74, 6) is 1.31. The number of methoxy groups -OCH3 is 1. The molecule has 10 heteroatoms. The molecule has 0 spiro atoms. The zero-order chi connectivity index (χ0) is 27.5. The molecule has 0 atom stereocenters. The lowest BCUT2D eigenvalue weighted by molar-refractivity contribution is -0.00899. The van der Waals surface area contributed by atoms with Crippen molar-refractivity contribution >= 4 is 35.0 Å². The predicted octanol–water partition coefficient (Wildman–Crippen LogP) is 5.38. The van der Waals surface area contributed by atoms with Gasteiger partial charge in [-0.15, -0.1) is 0 Å². The van der Waals surface area contributed by atoms with Crippen molar-refractivity contribution in [2.45, 2.75) is 32.6 Å². The van der Waals surface area contributed by atoms with Gasteiger partial charge >= 0.3 is 6.16 Å². The van der Waals surface area contributed by atoms with Crippen molar-refractivity contribution in [3.05, 3.63) is 52.5 Å². The summed E-state index contributed by atoms with van der Waals surface area (Å²) < 4.78 is 26.1. The Labute approximate surface area is 235 Å². The van der Waals surface area contributed by atoms with Crippen molar-refractivity contribution in [3.63, 3.8) is 0 Å². The van der Waals surface area contributed by atoms with E-state index in [0.29, 0.717) is 25.5 Å². The molecule has 0 radical (unpaired) electrons. The van der Waals surface area contributed by atoms with Crippen LogP contribution in [-0.4, -0.2) is 83.4 Å². The van der Waals surface area contributed by atoms with Gasteiger partial charge in [-0.3, -0.25) is 4.90 Å². The van der Waals surface area contributed by atoms with Gasteiger partial charge in [0.15, 0.2) is 5.90 Å². The third kappa shape index (κ3) is 8.74. The normalized spacial score (nSPS) is 15.4. The number of fused-ring (bicyclic) bond motifs is 1. The van der Waals surface area contributed by atoms with Crippen LogP contribution in [-0.2, 0) is 25.4 Å². The summed E-state index contributed by atoms with van der Waals surface area (Å²) in [6.07, 6.45) is 2.71. The van der Waals surface area contributed by atoms with Crippen molar-refractivity contribution < 1.29 is 28.5 Å². The first-order valence-electron chi connectivity index (χ1n) is 13.5. The van der Waals surface area contributed by atoms with Crippen LogP contribution < -0.4 is 9.64 Å². The lowest BCUT2D eigenvalue weighted by Gasteiger charge is -2.36. The number of rotatable bonds is 12. The summed E-state index contributed by atoms with van der Waals surface area (Å²) in [5, 5.41) is 0.866. The first kappa shape index (κ1) is 29.0. The molecule has 2 aliphatic heterocycles. The molecule has 0 aromatic heterocycles. The van der Waals surface area contributed by atoms with E-state index < -0.39 is 6.16 Å². The van der Waals surface area contributed by atoms with E-state index in [9.17, 15) is 4.79 Å². The number of hydrogen-bond acceptors (Lipinski definition) is 9. The van der Waals surface area contributed by atoms with Crippen LogP contribution in [0.4, 0.5) is 16.2 Å². The van der Waals surface area contributed by atoms with Gasteiger partial charge in [0.05, 0.1) is 29.6 Å². The van der Waals surface area contributed by atoms with E-state index in [0.717, 1.165) is 85.3 Å². The maximum atomic E-state index is 11.5. The Kier molecular flexibility index (Phi) is 11.1. The molecule has 0 bridgehead atoms. The lowest BCUT2D eigenvalue weighted by Crippen LogP contribution is -2.46. The third-order valence-corrected chi connectivity index (χ3v) is 7.33. The minimum Gasteiger partial charge on any atom is -0.494 e. The van der Waals surface area contributed by atoms with E-state index >= 15 is 0 Å². The first-order valence-corrected chi connectivity index (χ1v) is 13.9. The Morgan fingerprint density at radius 3 is 2.64 bits per heavy atom. The average molecular weight is 560 g/mol. The Hall–Kier alpha value is -3.01. The SMILES string of the molecule is COCCOC(=O)OCOC1=Nc2cc(OCCCCN3CCN(c4cccc(C)c4Cl)CC3)ccc2CC1. The standard InChI is InChI=1S/C29H38ClN3O6/c1-22-6-5-7-26(28(22)30)33-15-13-32(14-16-33)12-3-4-17-36-24-10-8-23-9-11-27(31-25(23)20-24)38-21-39-29(34)37-19-18-35-2/h5-8,10,20H,3-4,9,11-19,21H2,1-2H3. The second-order valence-corrected chi connectivity index (χ2v) is 9.96. The zero-order valence-electron chi connectivity index (χ0n) is 22.8. The van der Waals surface area contributed by atoms with Crippen LogP contribution in [0.2, 0.25) is 5.02 Å². The molecule has 1 saturated heterocycles. The molecule has 9 nitrogen and oxygen atoms in total. The van der Waals surface area contributed by atoms with Crippen LogP contribution in [0.5, 0.6) is 5.75 Å². The number of nitrogens with zero attached hydrogens (tertiary/aromatic N) is 3. The van der Waals surface area contributed by atoms with Gasteiger partial charge in [-0.2, -0.15) is 0 Å². The van der Waals surface area contributed by atoms with Gasteiger partial charge in [0.2, 0.25) is 6.79 Å². The molecule has 2 aromatic rings. The highest BCUT2D eigenvalue weighted by atomic mass is 35.5. The van der Waals surface area contributed by atoms with Crippen molar-refractivity contribution in [1.82, 2.24) is 4.90 Å². The topological polar surface area (TPSA) is 82.1 Å². The molecule has 212 valence electrons. The molecule has 4 rings (SSSR count). The average Bonchev–Trinajstić information content (AvgIpc) is 2.95. The van der Waals surface area contributed by atoms with Gasteiger partial charge in [0, 0.05) is 45.8 Å². The van der Waals surface area contributed by atoms with Gasteiger partial charge in [-0.25, -0.2) is 9.79 Å². The summed E-state index contributed by atoms with van der Waals surface area (Å²) in [4.78, 5) is 20.9. The maximum absolute atomic E-state index is 11.5. The van der Waals surface area contributed by atoms with E-state index in [1.54, 1.807) is 0 Å². The molecule has 0 unspecified atom stereocenters. The summed E-state index contributed by atoms with van der Waals surface area (Å²) in [7, 11) is 1.53. The maximum Gasteiger partial charge on any atom is 0.511 e. The van der Waals surface area contributed by atoms with E-state index in [2.05, 4.69) is 46.0 Å². The van der Waals surface area contributed by atoms with Gasteiger partial charge < -0.3 is 28.6 Å². The number of halogens is 1. The fourth-order valence-corrected chi connectivity index (χ4v) is 4.84. The van der Waals surface area contributed by atoms with Crippen LogP contribution in [0.15, 0.2) is 41.4 Å². The number of ether oxygens (including phenoxy) is 5. The fraction of sp³-hybridized carbons (Fsp3) is 0.517. The number of carbonyl (C=O) groups excluding carboxylic acids is 1. The number of carbonyl (C=O) groups is 1. The van der Waals surface area contributed by atoms with Crippen molar-refractivity contribution in [1.29, 1.82) is 0 Å². The molecule has 0 amide bonds. The van der Waals surface area contributed by atoms with Gasteiger partial charge in [0.25, 0.3) is 0 Å². The Morgan fingerprint density at radius 2 is 1.82 bits per heavy atom. The molecule has 2 heterocycles. The zero-order valence-corrected chi connectivity index (χ0v) is 23.6. The summed E-state index contributed by atoms with van der Waals surface area (Å²) >= 11 is 6.52. The number of benzene rings is 2. The summed E-state index contributed by atoms with van der Waals surface area (Å²) in [6.45, 7) is 8.04. The molecule has 39 heavy (non-hydrogen) atoms. The van der Waals surface area contributed by atoms with Crippen molar-refractivity contribution in [2.24, 2.45) is 4.99 Å². The van der Waals surface area contributed by atoms with Crippen LogP contribution >= 0.6 is 11.6 Å². The highest BCUT2D eigenvalue weighted by molar-refractivity contribution is 6.34. The summed E-state index contributed by atoms with van der Waals surface area (Å²) in [6, 6.07) is 12.2. The van der Waals surface area contributed by atoms with Crippen LogP contribution in [0.25, 0.3) is 0 Å². The number of piperazine rings is 1. The van der Waals surface area contributed by atoms with Crippen LogP contribution in [0.1, 0.15) is 30.4 Å². The van der Waals surface area contributed by atoms with Crippen molar-refractivity contribution in [2.75, 3.05) is 71.3 Å². The minimum atomic E-state index is -0.797. The number of aryl methyl sites for hydroxylation is 2. The Bertz CT molecular complexity index is 1120. The van der Waals surface area contributed by atoms with Crippen LogP contribution in [0, 0.1) is 6.92 Å². The van der Waals surface area contributed by atoms with Gasteiger partial charge in [-0.05, 0) is 56.0 Å². The molecule has 1 fully saturated rings. The largest absolute Gasteiger partial charge is 0.511 e. The quantitative estimate of drug-likeness (QED) is 0.195. The van der Waals surface area contributed by atoms with Crippen LogP contribution in [0.3, 0.4) is 0 Å². The second-order valence-electron chi connectivity index (χ2n) is 9.59. The Morgan fingerprint density at radius 1 is 0.974 bits per heavy atom.